The lowest BCUT2D eigenvalue weighted by molar-refractivity contribution is -0.118. The molecule has 2 aromatic rings. The number of hydrogen-bond acceptors (Lipinski definition) is 5. The van der Waals surface area contributed by atoms with E-state index in [0.717, 1.165) is 11.4 Å². The highest BCUT2D eigenvalue weighted by atomic mass is 16.5. The van der Waals surface area contributed by atoms with Crippen molar-refractivity contribution in [3.63, 3.8) is 0 Å². The summed E-state index contributed by atoms with van der Waals surface area (Å²) in [6.45, 7) is 3.08. The van der Waals surface area contributed by atoms with Crippen molar-refractivity contribution in [2.24, 2.45) is 0 Å². The van der Waals surface area contributed by atoms with Gasteiger partial charge in [0, 0.05) is 19.0 Å². The standard InChI is InChI=1S/C14H17N5O2/c1-2-21-13-4-3-9(6-16-13)19-14(20)11-5-10-12(7-15-11)18-8-17-10/h3-4,6,8,11,15H,2,5,7H2,1H3,(H,17,18)(H,19,20). The van der Waals surface area contributed by atoms with Gasteiger partial charge in [-0.1, -0.05) is 0 Å². The van der Waals surface area contributed by atoms with Crippen LogP contribution >= 0.6 is 0 Å². The maximum absolute atomic E-state index is 12.2. The number of hydrogen-bond donors (Lipinski definition) is 3. The Hall–Kier alpha value is -2.41. The molecule has 110 valence electrons. The monoisotopic (exact) mass is 287 g/mol. The summed E-state index contributed by atoms with van der Waals surface area (Å²) in [5, 5.41) is 6.03. The van der Waals surface area contributed by atoms with Gasteiger partial charge in [0.2, 0.25) is 11.8 Å². The number of carbonyl (C=O) groups excluding carboxylic acids is 1. The molecule has 0 saturated carbocycles. The van der Waals surface area contributed by atoms with Gasteiger partial charge >= 0.3 is 0 Å². The Morgan fingerprint density at radius 3 is 3.14 bits per heavy atom. The molecule has 0 aliphatic carbocycles. The molecule has 0 aromatic carbocycles. The number of aromatic nitrogens is 3. The zero-order valence-electron chi connectivity index (χ0n) is 11.7. The number of nitrogens with zero attached hydrogens (tertiary/aromatic N) is 2. The Labute approximate surface area is 122 Å². The summed E-state index contributed by atoms with van der Waals surface area (Å²) in [4.78, 5) is 23.6. The molecule has 3 N–H and O–H groups in total. The first-order valence-corrected chi connectivity index (χ1v) is 6.90. The lowest BCUT2D eigenvalue weighted by Gasteiger charge is -2.22. The van der Waals surface area contributed by atoms with Crippen molar-refractivity contribution < 1.29 is 9.53 Å². The van der Waals surface area contributed by atoms with Crippen LogP contribution in [0, 0.1) is 0 Å². The fraction of sp³-hybridized carbons (Fsp3) is 0.357. The molecule has 1 amide bonds. The van der Waals surface area contributed by atoms with Gasteiger partial charge in [-0.25, -0.2) is 9.97 Å². The molecule has 1 atom stereocenters. The summed E-state index contributed by atoms with van der Waals surface area (Å²) in [7, 11) is 0. The van der Waals surface area contributed by atoms with Crippen LogP contribution in [0.4, 0.5) is 5.69 Å². The van der Waals surface area contributed by atoms with E-state index in [-0.39, 0.29) is 11.9 Å². The molecule has 2 aromatic heterocycles. The molecule has 1 unspecified atom stereocenters. The molecule has 3 heterocycles. The quantitative estimate of drug-likeness (QED) is 0.775. The van der Waals surface area contributed by atoms with E-state index in [9.17, 15) is 4.79 Å². The molecule has 1 aliphatic rings. The largest absolute Gasteiger partial charge is 0.478 e. The van der Waals surface area contributed by atoms with Crippen molar-refractivity contribution in [3.8, 4) is 5.88 Å². The molecule has 0 bridgehead atoms. The average molecular weight is 287 g/mol. The second-order valence-electron chi connectivity index (χ2n) is 4.77. The highest BCUT2D eigenvalue weighted by molar-refractivity contribution is 5.95. The van der Waals surface area contributed by atoms with Crippen LogP contribution < -0.4 is 15.4 Å². The molecular formula is C14H17N5O2. The molecule has 7 nitrogen and oxygen atoms in total. The van der Waals surface area contributed by atoms with Crippen molar-refractivity contribution in [1.82, 2.24) is 20.3 Å². The molecule has 0 radical (unpaired) electrons. The first-order chi connectivity index (χ1) is 10.3. The second kappa shape index (κ2) is 5.92. The third-order valence-corrected chi connectivity index (χ3v) is 3.34. The van der Waals surface area contributed by atoms with Gasteiger partial charge < -0.3 is 15.0 Å². The van der Waals surface area contributed by atoms with Gasteiger partial charge in [-0.15, -0.1) is 0 Å². The number of rotatable bonds is 4. The number of amides is 1. The lowest BCUT2D eigenvalue weighted by Crippen LogP contribution is -2.44. The predicted molar refractivity (Wildman–Crippen MR) is 77.0 cm³/mol. The number of anilines is 1. The van der Waals surface area contributed by atoms with Gasteiger partial charge in [0.05, 0.1) is 42.2 Å². The Morgan fingerprint density at radius 2 is 2.38 bits per heavy atom. The summed E-state index contributed by atoms with van der Waals surface area (Å²) < 4.78 is 5.26. The second-order valence-corrected chi connectivity index (χ2v) is 4.77. The van der Waals surface area contributed by atoms with E-state index in [0.29, 0.717) is 31.1 Å². The fourth-order valence-electron chi connectivity index (χ4n) is 2.27. The van der Waals surface area contributed by atoms with E-state index in [1.807, 2.05) is 6.92 Å². The Morgan fingerprint density at radius 1 is 1.48 bits per heavy atom. The van der Waals surface area contributed by atoms with Crippen LogP contribution in [-0.4, -0.2) is 33.5 Å². The maximum atomic E-state index is 12.2. The van der Waals surface area contributed by atoms with Crippen LogP contribution in [0.3, 0.4) is 0 Å². The number of ether oxygens (including phenoxy) is 1. The predicted octanol–water partition coefficient (Wildman–Crippen LogP) is 0.856. The van der Waals surface area contributed by atoms with Crippen LogP contribution in [0.2, 0.25) is 0 Å². The summed E-state index contributed by atoms with van der Waals surface area (Å²) in [6.07, 6.45) is 3.82. The summed E-state index contributed by atoms with van der Waals surface area (Å²) in [5.74, 6) is 0.460. The van der Waals surface area contributed by atoms with Gasteiger partial charge in [0.25, 0.3) is 0 Å². The van der Waals surface area contributed by atoms with Crippen LogP contribution in [0.1, 0.15) is 18.3 Å². The Kier molecular flexibility index (Phi) is 3.83. The van der Waals surface area contributed by atoms with E-state index in [1.54, 1.807) is 24.7 Å². The highest BCUT2D eigenvalue weighted by Gasteiger charge is 2.25. The molecule has 0 fully saturated rings. The third kappa shape index (κ3) is 3.03. The molecule has 1 aliphatic heterocycles. The smallest absolute Gasteiger partial charge is 0.241 e. The average Bonchev–Trinajstić information content (AvgIpc) is 2.97. The number of aromatic amines is 1. The van der Waals surface area contributed by atoms with Gasteiger partial charge in [-0.05, 0) is 13.0 Å². The number of carbonyl (C=O) groups is 1. The van der Waals surface area contributed by atoms with Crippen LogP contribution in [0.25, 0.3) is 0 Å². The van der Waals surface area contributed by atoms with Crippen molar-refractivity contribution in [3.05, 3.63) is 36.0 Å². The molecule has 0 spiro atoms. The van der Waals surface area contributed by atoms with Gasteiger partial charge in [-0.2, -0.15) is 0 Å². The normalized spacial score (nSPS) is 17.1. The van der Waals surface area contributed by atoms with Gasteiger partial charge in [-0.3, -0.25) is 10.1 Å². The summed E-state index contributed by atoms with van der Waals surface area (Å²) >= 11 is 0. The zero-order valence-corrected chi connectivity index (χ0v) is 11.7. The topological polar surface area (TPSA) is 91.9 Å². The number of nitrogens with one attached hydrogen (secondary N) is 3. The number of H-pyrrole nitrogens is 1. The third-order valence-electron chi connectivity index (χ3n) is 3.34. The number of imidazole rings is 1. The molecular weight excluding hydrogens is 270 g/mol. The molecule has 0 saturated heterocycles. The Bertz CT molecular complexity index is 623. The summed E-state index contributed by atoms with van der Waals surface area (Å²) in [6, 6.07) is 3.23. The maximum Gasteiger partial charge on any atom is 0.241 e. The van der Waals surface area contributed by atoms with Gasteiger partial charge in [0.15, 0.2) is 0 Å². The van der Waals surface area contributed by atoms with Crippen LogP contribution in [0.5, 0.6) is 5.88 Å². The Balaban J connectivity index is 1.61. The first-order valence-electron chi connectivity index (χ1n) is 6.90. The first kappa shape index (κ1) is 13.6. The highest BCUT2D eigenvalue weighted by Crippen LogP contribution is 2.15. The van der Waals surface area contributed by atoms with Crippen LogP contribution in [0.15, 0.2) is 24.7 Å². The van der Waals surface area contributed by atoms with E-state index >= 15 is 0 Å². The minimum atomic E-state index is -0.285. The zero-order chi connectivity index (χ0) is 14.7. The minimum absolute atomic E-state index is 0.0883. The number of pyridine rings is 1. The van der Waals surface area contributed by atoms with E-state index in [4.69, 9.17) is 4.74 Å². The van der Waals surface area contributed by atoms with E-state index in [2.05, 4.69) is 25.6 Å². The van der Waals surface area contributed by atoms with Crippen molar-refractivity contribution in [2.75, 3.05) is 11.9 Å². The van der Waals surface area contributed by atoms with E-state index in [1.165, 1.54) is 0 Å². The lowest BCUT2D eigenvalue weighted by atomic mass is 10.0. The van der Waals surface area contributed by atoms with Crippen molar-refractivity contribution >= 4 is 11.6 Å². The summed E-state index contributed by atoms with van der Waals surface area (Å²) in [5.41, 5.74) is 2.64. The number of fused-ring (bicyclic) bond motifs is 1. The molecule has 7 heteroatoms. The van der Waals surface area contributed by atoms with Gasteiger partial charge in [0.1, 0.15) is 0 Å². The van der Waals surface area contributed by atoms with Crippen LogP contribution in [-0.2, 0) is 17.8 Å². The molecule has 21 heavy (non-hydrogen) atoms. The van der Waals surface area contributed by atoms with Crippen molar-refractivity contribution in [1.29, 1.82) is 0 Å². The fourth-order valence-corrected chi connectivity index (χ4v) is 2.27. The molecule has 3 rings (SSSR count). The minimum Gasteiger partial charge on any atom is -0.478 e. The SMILES string of the molecule is CCOc1ccc(NC(=O)C2Cc3nc[nH]c3CN2)cn1. The van der Waals surface area contributed by atoms with E-state index < -0.39 is 0 Å². The van der Waals surface area contributed by atoms with Crippen molar-refractivity contribution in [2.45, 2.75) is 25.9 Å².